The van der Waals surface area contributed by atoms with E-state index in [4.69, 9.17) is 5.73 Å². The number of hydrogen-bond acceptors (Lipinski definition) is 4. The van der Waals surface area contributed by atoms with E-state index >= 15 is 0 Å². The van der Waals surface area contributed by atoms with Gasteiger partial charge in [-0.15, -0.1) is 0 Å². The Hall–Kier alpha value is -0.910. The van der Waals surface area contributed by atoms with E-state index < -0.39 is 9.84 Å². The van der Waals surface area contributed by atoms with Gasteiger partial charge in [-0.05, 0) is 43.9 Å². The third-order valence-corrected chi connectivity index (χ3v) is 6.57. The number of benzene rings is 1. The summed E-state index contributed by atoms with van der Waals surface area (Å²) in [5.41, 5.74) is 6.66. The normalized spacial score (nSPS) is 28.4. The second-order valence-corrected chi connectivity index (χ2v) is 8.20. The van der Waals surface area contributed by atoms with E-state index in [2.05, 4.69) is 11.9 Å². The van der Waals surface area contributed by atoms with Crippen molar-refractivity contribution >= 4 is 9.84 Å². The second kappa shape index (κ2) is 4.83. The van der Waals surface area contributed by atoms with Crippen LogP contribution in [0.15, 0.2) is 29.2 Å². The molecule has 110 valence electrons. The van der Waals surface area contributed by atoms with Gasteiger partial charge >= 0.3 is 0 Å². The van der Waals surface area contributed by atoms with E-state index in [1.54, 1.807) is 12.1 Å². The van der Waals surface area contributed by atoms with Crippen molar-refractivity contribution in [1.29, 1.82) is 0 Å². The summed E-state index contributed by atoms with van der Waals surface area (Å²) in [7, 11) is -1.07. The van der Waals surface area contributed by atoms with Crippen molar-refractivity contribution in [2.75, 3.05) is 25.9 Å². The Bertz CT molecular complexity index is 610. The monoisotopic (exact) mass is 294 g/mol. The molecule has 1 unspecified atom stereocenters. The van der Waals surface area contributed by atoms with Crippen molar-refractivity contribution in [2.45, 2.75) is 29.7 Å². The Labute approximate surface area is 120 Å². The van der Waals surface area contributed by atoms with Crippen LogP contribution < -0.4 is 5.73 Å². The molecule has 2 aliphatic rings. The Kier molecular flexibility index (Phi) is 3.39. The van der Waals surface area contributed by atoms with Gasteiger partial charge < -0.3 is 5.73 Å². The molecule has 3 rings (SSSR count). The fourth-order valence-electron chi connectivity index (χ4n) is 3.30. The highest BCUT2D eigenvalue weighted by Gasteiger charge is 2.44. The maximum atomic E-state index is 12.3. The van der Waals surface area contributed by atoms with E-state index in [0.29, 0.717) is 17.9 Å². The van der Waals surface area contributed by atoms with Crippen LogP contribution in [0.3, 0.4) is 0 Å². The largest absolute Gasteiger partial charge is 0.328 e. The molecule has 1 fully saturated rings. The highest BCUT2D eigenvalue weighted by Crippen LogP contribution is 2.42. The lowest BCUT2D eigenvalue weighted by molar-refractivity contribution is 0.109. The topological polar surface area (TPSA) is 63.4 Å². The number of sulfone groups is 1. The Balaban J connectivity index is 2.07. The smallest absolute Gasteiger partial charge is 0.178 e. The van der Waals surface area contributed by atoms with Crippen molar-refractivity contribution in [2.24, 2.45) is 11.7 Å². The first-order chi connectivity index (χ1) is 9.49. The van der Waals surface area contributed by atoms with Gasteiger partial charge in [-0.1, -0.05) is 18.2 Å². The van der Waals surface area contributed by atoms with Gasteiger partial charge in [0.1, 0.15) is 0 Å². The zero-order chi connectivity index (χ0) is 14.4. The predicted octanol–water partition coefficient (Wildman–Crippen LogP) is 1.36. The molecule has 1 aromatic rings. The van der Waals surface area contributed by atoms with Gasteiger partial charge in [0.05, 0.1) is 16.2 Å². The molecule has 2 N–H and O–H groups in total. The van der Waals surface area contributed by atoms with E-state index in [1.165, 1.54) is 12.8 Å². The number of hydrogen-bond donors (Lipinski definition) is 1. The summed E-state index contributed by atoms with van der Waals surface area (Å²) in [5, 5.41) is 0. The molecule has 1 saturated carbocycles. The summed E-state index contributed by atoms with van der Waals surface area (Å²) in [6.07, 6.45) is 3.15. The summed E-state index contributed by atoms with van der Waals surface area (Å²) >= 11 is 0. The number of likely N-dealkylation sites (N-methyl/N-ethyl adjacent to an activating group) is 1. The number of fused-ring (bicyclic) bond motifs is 1. The SMILES string of the molecule is CN(CC1CC1)C1(CN)CCS(=O)(=O)c2ccccc21. The fraction of sp³-hybridized carbons (Fsp3) is 0.600. The molecule has 1 aliphatic heterocycles. The molecule has 0 spiro atoms. The minimum atomic E-state index is -3.15. The van der Waals surface area contributed by atoms with Gasteiger partial charge in [0.2, 0.25) is 0 Å². The summed E-state index contributed by atoms with van der Waals surface area (Å²) < 4.78 is 24.5. The molecule has 0 bridgehead atoms. The summed E-state index contributed by atoms with van der Waals surface area (Å²) in [4.78, 5) is 2.76. The standard InChI is InChI=1S/C15H22N2O2S/c1-17(10-12-6-7-12)15(11-16)8-9-20(18,19)14-5-3-2-4-13(14)15/h2-5,12H,6-11,16H2,1H3. The number of nitrogens with two attached hydrogens (primary N) is 1. The van der Waals surface area contributed by atoms with E-state index in [0.717, 1.165) is 18.0 Å². The van der Waals surface area contributed by atoms with Crippen LogP contribution in [-0.4, -0.2) is 39.2 Å². The van der Waals surface area contributed by atoms with Crippen LogP contribution in [0.25, 0.3) is 0 Å². The zero-order valence-corrected chi connectivity index (χ0v) is 12.7. The molecule has 0 radical (unpaired) electrons. The molecular weight excluding hydrogens is 272 g/mol. The number of nitrogens with zero attached hydrogens (tertiary/aromatic N) is 1. The van der Waals surface area contributed by atoms with E-state index in [-0.39, 0.29) is 11.3 Å². The lowest BCUT2D eigenvalue weighted by Gasteiger charge is -2.45. The molecule has 5 heteroatoms. The highest BCUT2D eigenvalue weighted by molar-refractivity contribution is 7.91. The predicted molar refractivity (Wildman–Crippen MR) is 79.2 cm³/mol. The van der Waals surface area contributed by atoms with Crippen LogP contribution >= 0.6 is 0 Å². The van der Waals surface area contributed by atoms with Gasteiger partial charge in [0, 0.05) is 13.1 Å². The van der Waals surface area contributed by atoms with E-state index in [9.17, 15) is 8.42 Å². The molecule has 1 aliphatic carbocycles. The van der Waals surface area contributed by atoms with Crippen LogP contribution in [0, 0.1) is 5.92 Å². The molecule has 0 amide bonds. The summed E-state index contributed by atoms with van der Waals surface area (Å²) in [6, 6.07) is 7.36. The van der Waals surface area contributed by atoms with Crippen LogP contribution in [0.1, 0.15) is 24.8 Å². The second-order valence-electron chi connectivity index (χ2n) is 6.12. The first kappa shape index (κ1) is 14.0. The Morgan fingerprint density at radius 2 is 2.05 bits per heavy atom. The first-order valence-electron chi connectivity index (χ1n) is 7.23. The van der Waals surface area contributed by atoms with Gasteiger partial charge in [-0.3, -0.25) is 4.90 Å². The van der Waals surface area contributed by atoms with Crippen LogP contribution in [0.2, 0.25) is 0 Å². The molecule has 1 aromatic carbocycles. The average Bonchev–Trinajstić information content (AvgIpc) is 3.24. The summed E-state index contributed by atoms with van der Waals surface area (Å²) in [6.45, 7) is 1.47. The molecule has 0 saturated heterocycles. The Morgan fingerprint density at radius 3 is 2.70 bits per heavy atom. The molecule has 1 atom stereocenters. The molecule has 1 heterocycles. The minimum Gasteiger partial charge on any atom is -0.328 e. The maximum Gasteiger partial charge on any atom is 0.178 e. The quantitative estimate of drug-likeness (QED) is 0.911. The van der Waals surface area contributed by atoms with Crippen LogP contribution in [0.5, 0.6) is 0 Å². The van der Waals surface area contributed by atoms with Crippen molar-refractivity contribution < 1.29 is 8.42 Å². The van der Waals surface area contributed by atoms with Crippen molar-refractivity contribution in [3.63, 3.8) is 0 Å². The van der Waals surface area contributed by atoms with Gasteiger partial charge in [-0.25, -0.2) is 8.42 Å². The first-order valence-corrected chi connectivity index (χ1v) is 8.88. The maximum absolute atomic E-state index is 12.3. The van der Waals surface area contributed by atoms with Gasteiger partial charge in [0.15, 0.2) is 9.84 Å². The molecule has 20 heavy (non-hydrogen) atoms. The lowest BCUT2D eigenvalue weighted by Crippen LogP contribution is -2.53. The molecular formula is C15H22N2O2S. The highest BCUT2D eigenvalue weighted by atomic mass is 32.2. The molecule has 0 aromatic heterocycles. The Morgan fingerprint density at radius 1 is 1.35 bits per heavy atom. The summed E-state index contributed by atoms with van der Waals surface area (Å²) in [5.74, 6) is 0.949. The number of rotatable bonds is 4. The fourth-order valence-corrected chi connectivity index (χ4v) is 5.00. The minimum absolute atomic E-state index is 0.191. The van der Waals surface area contributed by atoms with Gasteiger partial charge in [-0.2, -0.15) is 0 Å². The van der Waals surface area contributed by atoms with Crippen molar-refractivity contribution in [1.82, 2.24) is 4.90 Å². The molecule has 4 nitrogen and oxygen atoms in total. The lowest BCUT2D eigenvalue weighted by atomic mass is 9.85. The zero-order valence-electron chi connectivity index (χ0n) is 11.9. The van der Waals surface area contributed by atoms with E-state index in [1.807, 2.05) is 12.1 Å². The van der Waals surface area contributed by atoms with Crippen LogP contribution in [-0.2, 0) is 15.4 Å². The average molecular weight is 294 g/mol. The third kappa shape index (κ3) is 2.18. The third-order valence-electron chi connectivity index (χ3n) is 4.81. The van der Waals surface area contributed by atoms with Crippen molar-refractivity contribution in [3.8, 4) is 0 Å². The van der Waals surface area contributed by atoms with Gasteiger partial charge in [0.25, 0.3) is 0 Å². The van der Waals surface area contributed by atoms with Crippen molar-refractivity contribution in [3.05, 3.63) is 29.8 Å². The van der Waals surface area contributed by atoms with Crippen LogP contribution in [0.4, 0.5) is 0 Å².